The number of rotatable bonds is 6. The van der Waals surface area contributed by atoms with Gasteiger partial charge in [-0.15, -0.1) is 11.3 Å². The maximum Gasteiger partial charge on any atom is 0.167 e. The predicted molar refractivity (Wildman–Crippen MR) is 146 cm³/mol. The van der Waals surface area contributed by atoms with Crippen LogP contribution in [0.1, 0.15) is 28.5 Å². The van der Waals surface area contributed by atoms with Gasteiger partial charge in [0, 0.05) is 19.5 Å². The van der Waals surface area contributed by atoms with Crippen molar-refractivity contribution in [3.05, 3.63) is 101 Å². The van der Waals surface area contributed by atoms with Crippen LogP contribution in [-0.4, -0.2) is 25.3 Å². The molecule has 0 amide bonds. The number of aromatic nitrogens is 1. The van der Waals surface area contributed by atoms with Crippen LogP contribution < -0.4 is 11.5 Å². The molecule has 0 fully saturated rings. The van der Waals surface area contributed by atoms with Crippen LogP contribution in [0, 0.1) is 0 Å². The zero-order valence-corrected chi connectivity index (χ0v) is 20.5. The summed E-state index contributed by atoms with van der Waals surface area (Å²) in [5, 5.41) is 18.9. The van der Waals surface area contributed by atoms with Crippen molar-refractivity contribution < 1.29 is 10.2 Å². The number of nitrogens with zero attached hydrogens (tertiary/aromatic N) is 1. The van der Waals surface area contributed by atoms with Crippen molar-refractivity contribution in [3.8, 4) is 0 Å². The summed E-state index contributed by atoms with van der Waals surface area (Å²) in [5.74, 6) is -0.500. The van der Waals surface area contributed by atoms with Crippen LogP contribution in [0.15, 0.2) is 84.9 Å². The first-order valence-electron chi connectivity index (χ1n) is 10.2. The number of hydrogen-bond acceptors (Lipinski definition) is 6. The quantitative estimate of drug-likeness (QED) is 0.248. The van der Waals surface area contributed by atoms with E-state index in [0.717, 1.165) is 10.2 Å². The summed E-state index contributed by atoms with van der Waals surface area (Å²) in [5.41, 5.74) is 13.9. The van der Waals surface area contributed by atoms with Crippen LogP contribution in [0.4, 0.5) is 0 Å². The Morgan fingerprint density at radius 2 is 1.27 bits per heavy atom. The minimum atomic E-state index is -0.500. The van der Waals surface area contributed by atoms with Crippen LogP contribution >= 0.6 is 35.8 Å². The van der Waals surface area contributed by atoms with Crippen LogP contribution in [0.3, 0.4) is 0 Å². The topological polar surface area (TPSA) is 105 Å². The highest BCUT2D eigenvalue weighted by Crippen LogP contribution is 2.30. The number of aliphatic hydroxyl groups is 2. The summed E-state index contributed by atoms with van der Waals surface area (Å²) in [6.45, 7) is 1.28. The number of thiocarbonyl (C=S) groups is 2. The van der Waals surface area contributed by atoms with E-state index in [2.05, 4.69) is 17.2 Å². The third kappa shape index (κ3) is 9.33. The molecule has 0 radical (unpaired) electrons. The normalized spacial score (nSPS) is 10.8. The summed E-state index contributed by atoms with van der Waals surface area (Å²) in [6, 6.07) is 27.6. The van der Waals surface area contributed by atoms with Gasteiger partial charge in [-0.1, -0.05) is 72.8 Å². The van der Waals surface area contributed by atoms with E-state index < -0.39 is 5.92 Å². The molecule has 8 heteroatoms. The first-order chi connectivity index (χ1) is 15.9. The average Bonchev–Trinajstić information content (AvgIpc) is 3.28. The Hall–Kier alpha value is -2.75. The third-order valence-electron chi connectivity index (χ3n) is 4.44. The molecular weight excluding hydrogens is 470 g/mol. The Morgan fingerprint density at radius 3 is 1.67 bits per heavy atom. The summed E-state index contributed by atoms with van der Waals surface area (Å²) in [4.78, 5) is 4.39. The molecule has 0 spiro atoms. The highest BCUT2D eigenvalue weighted by Gasteiger charge is 2.22. The molecule has 5 nitrogen and oxygen atoms in total. The summed E-state index contributed by atoms with van der Waals surface area (Å²) < 4.78 is 1.02. The second-order valence-electron chi connectivity index (χ2n) is 6.89. The molecule has 6 N–H and O–H groups in total. The molecule has 3 aromatic carbocycles. The van der Waals surface area contributed by atoms with Gasteiger partial charge in [0.25, 0.3) is 0 Å². The lowest BCUT2D eigenvalue weighted by molar-refractivity contribution is 0.511. The Kier molecular flexibility index (Phi) is 11.6. The molecule has 1 heterocycles. The smallest absolute Gasteiger partial charge is 0.167 e. The third-order valence-corrected chi connectivity index (χ3v) is 6.04. The molecule has 172 valence electrons. The highest BCUT2D eigenvalue weighted by atomic mass is 32.1. The number of hydrogen-bond donors (Lipinski definition) is 4. The molecule has 4 rings (SSSR count). The molecule has 1 aromatic heterocycles. The van der Waals surface area contributed by atoms with Crippen molar-refractivity contribution in [1.82, 2.24) is 4.98 Å². The molecule has 0 aliphatic rings. The molecule has 0 aliphatic heterocycles. The molecule has 1 atom stereocenters. The number of aliphatic hydroxyl groups excluding tert-OH is 2. The van der Waals surface area contributed by atoms with Crippen molar-refractivity contribution in [2.75, 3.05) is 0 Å². The number of nitrogens with two attached hydrogens (primary N) is 2. The van der Waals surface area contributed by atoms with Gasteiger partial charge in [-0.05, 0) is 47.7 Å². The Morgan fingerprint density at radius 1 is 0.788 bits per heavy atom. The minimum absolute atomic E-state index is 0.129. The largest absolute Gasteiger partial charge is 0.502 e. The van der Waals surface area contributed by atoms with E-state index in [-0.39, 0.29) is 16.5 Å². The van der Waals surface area contributed by atoms with Gasteiger partial charge >= 0.3 is 0 Å². The molecule has 0 aliphatic carbocycles. The Labute approximate surface area is 208 Å². The lowest BCUT2D eigenvalue weighted by atomic mass is 10.1. The van der Waals surface area contributed by atoms with Gasteiger partial charge in [-0.2, -0.15) is 0 Å². The second kappa shape index (κ2) is 14.4. The summed E-state index contributed by atoms with van der Waals surface area (Å²) in [6.07, 6.45) is 0.129. The Bertz CT molecular complexity index is 1060. The summed E-state index contributed by atoms with van der Waals surface area (Å²) >= 11 is 10.9. The first kappa shape index (κ1) is 26.5. The monoisotopic (exact) mass is 497 g/mol. The van der Waals surface area contributed by atoms with Gasteiger partial charge in [-0.3, -0.25) is 0 Å². The van der Waals surface area contributed by atoms with E-state index in [0.29, 0.717) is 18.1 Å². The zero-order valence-electron chi connectivity index (χ0n) is 18.0. The Balaban J connectivity index is 0.000000200. The van der Waals surface area contributed by atoms with Crippen LogP contribution in [0.2, 0.25) is 0 Å². The van der Waals surface area contributed by atoms with Crippen molar-refractivity contribution in [2.24, 2.45) is 11.5 Å². The van der Waals surface area contributed by atoms with Gasteiger partial charge in [0.2, 0.25) is 0 Å². The van der Waals surface area contributed by atoms with E-state index in [9.17, 15) is 5.11 Å². The van der Waals surface area contributed by atoms with Gasteiger partial charge in [0.05, 0.1) is 16.1 Å². The van der Waals surface area contributed by atoms with Crippen LogP contribution in [0.25, 0.3) is 10.2 Å². The molecule has 0 bridgehead atoms. The van der Waals surface area contributed by atoms with E-state index in [1.54, 1.807) is 0 Å². The molecular formula is C25H27N3O2S3. The lowest BCUT2D eigenvalue weighted by Gasteiger charge is -2.08. The van der Waals surface area contributed by atoms with Crippen molar-refractivity contribution in [3.63, 3.8) is 0 Å². The fourth-order valence-corrected chi connectivity index (χ4v) is 4.23. The highest BCUT2D eigenvalue weighted by molar-refractivity contribution is 7.80. The fraction of sp³-hybridized carbons (Fsp3) is 0.160. The van der Waals surface area contributed by atoms with E-state index in [4.69, 9.17) is 28.8 Å². The number of benzene rings is 3. The molecule has 0 saturated carbocycles. The summed E-state index contributed by atoms with van der Waals surface area (Å²) in [7, 11) is 0. The second-order valence-corrected chi connectivity index (χ2v) is 8.84. The standard InChI is InChI=1S/C11H9NO2S3.2C7H9N/c13-9(15)5-6(11(14)16)10-12-7-3-1-2-4-8(7)17-10;2*8-6-7-4-2-1-3-5-7/h1-4,6H,5H2,(H,13,15)(H,14,16);2*1-5H,6,8H2. The van der Waals surface area contributed by atoms with Gasteiger partial charge in [-0.25, -0.2) is 4.98 Å². The van der Waals surface area contributed by atoms with Crippen molar-refractivity contribution in [2.45, 2.75) is 25.4 Å². The SMILES string of the molecule is NCc1ccccc1.NCc1ccccc1.OC(=S)CC(C(O)=S)c1nc2ccccc2s1. The van der Waals surface area contributed by atoms with Crippen molar-refractivity contribution in [1.29, 1.82) is 0 Å². The van der Waals surface area contributed by atoms with E-state index >= 15 is 0 Å². The zero-order chi connectivity index (χ0) is 24.1. The minimum Gasteiger partial charge on any atom is -0.502 e. The van der Waals surface area contributed by atoms with Crippen LogP contribution in [0.5, 0.6) is 0 Å². The van der Waals surface area contributed by atoms with Gasteiger partial charge in [0.15, 0.2) is 10.1 Å². The van der Waals surface area contributed by atoms with Crippen LogP contribution in [-0.2, 0) is 13.1 Å². The number of thiazole rings is 1. The molecule has 0 saturated heterocycles. The molecule has 33 heavy (non-hydrogen) atoms. The first-order valence-corrected chi connectivity index (χ1v) is 11.9. The van der Waals surface area contributed by atoms with Gasteiger partial charge < -0.3 is 21.7 Å². The fourth-order valence-electron chi connectivity index (χ4n) is 2.72. The average molecular weight is 498 g/mol. The number of para-hydroxylation sites is 1. The van der Waals surface area contributed by atoms with Gasteiger partial charge in [0.1, 0.15) is 5.01 Å². The predicted octanol–water partition coefficient (Wildman–Crippen LogP) is 5.83. The lowest BCUT2D eigenvalue weighted by Crippen LogP contribution is -2.13. The van der Waals surface area contributed by atoms with E-state index in [1.165, 1.54) is 22.5 Å². The number of fused-ring (bicyclic) bond motifs is 1. The maximum atomic E-state index is 9.47. The van der Waals surface area contributed by atoms with Crippen molar-refractivity contribution >= 4 is 56.1 Å². The molecule has 1 unspecified atom stereocenters. The molecule has 4 aromatic rings. The van der Waals surface area contributed by atoms with E-state index in [1.807, 2.05) is 84.9 Å². The maximum absolute atomic E-state index is 9.47.